The summed E-state index contributed by atoms with van der Waals surface area (Å²) in [5, 5.41) is 2.98. The van der Waals surface area contributed by atoms with E-state index in [2.05, 4.69) is 53.0 Å². The summed E-state index contributed by atoms with van der Waals surface area (Å²) >= 11 is 3.30. The smallest absolute Gasteiger partial charge is 0.233 e. The van der Waals surface area contributed by atoms with E-state index in [1.54, 1.807) is 17.5 Å². The Morgan fingerprint density at radius 3 is 2.88 bits per heavy atom. The van der Waals surface area contributed by atoms with E-state index in [1.807, 2.05) is 11.1 Å². The van der Waals surface area contributed by atoms with Gasteiger partial charge in [0, 0.05) is 36.0 Å². The first-order chi connectivity index (χ1) is 12.6. The van der Waals surface area contributed by atoms with Gasteiger partial charge in [-0.2, -0.15) is 0 Å². The van der Waals surface area contributed by atoms with Crippen LogP contribution in [0.4, 0.5) is 0 Å². The highest BCUT2D eigenvalue weighted by Gasteiger charge is 2.22. The molecule has 3 heterocycles. The van der Waals surface area contributed by atoms with Gasteiger partial charge in [0.1, 0.15) is 0 Å². The van der Waals surface area contributed by atoms with Crippen molar-refractivity contribution in [3.8, 4) is 5.69 Å². The van der Waals surface area contributed by atoms with Crippen LogP contribution in [0.5, 0.6) is 0 Å². The fourth-order valence-electron chi connectivity index (χ4n) is 3.36. The molecule has 0 saturated heterocycles. The third-order valence-corrected chi connectivity index (χ3v) is 6.55. The van der Waals surface area contributed by atoms with E-state index in [0.29, 0.717) is 5.75 Å². The maximum absolute atomic E-state index is 12.7. The molecule has 0 radical (unpaired) electrons. The number of carbonyl (C=O) groups excluding carboxylic acids is 1. The third kappa shape index (κ3) is 3.57. The van der Waals surface area contributed by atoms with Crippen molar-refractivity contribution in [2.24, 2.45) is 0 Å². The highest BCUT2D eigenvalue weighted by molar-refractivity contribution is 7.99. The normalized spacial score (nSPS) is 13.7. The summed E-state index contributed by atoms with van der Waals surface area (Å²) in [6, 6.07) is 8.58. The molecule has 26 heavy (non-hydrogen) atoms. The first kappa shape index (κ1) is 17.4. The fourth-order valence-corrected chi connectivity index (χ4v) is 5.13. The summed E-state index contributed by atoms with van der Waals surface area (Å²) in [6.07, 6.45) is 4.73. The molecule has 0 aliphatic carbocycles. The Hall–Kier alpha value is -2.05. The molecular formula is C20H21N3OS2. The minimum Gasteiger partial charge on any atom is -0.337 e. The number of hydrogen-bond donors (Lipinski definition) is 0. The van der Waals surface area contributed by atoms with Crippen LogP contribution in [0.1, 0.15) is 21.6 Å². The lowest BCUT2D eigenvalue weighted by Crippen LogP contribution is -2.36. The van der Waals surface area contributed by atoms with Gasteiger partial charge >= 0.3 is 0 Å². The quantitative estimate of drug-likeness (QED) is 0.633. The number of thioether (sulfide) groups is 1. The van der Waals surface area contributed by atoms with Gasteiger partial charge in [0.2, 0.25) is 5.91 Å². The molecule has 134 valence electrons. The first-order valence-corrected chi connectivity index (χ1v) is 10.5. The molecule has 6 heteroatoms. The van der Waals surface area contributed by atoms with Gasteiger partial charge in [-0.3, -0.25) is 9.36 Å². The molecule has 1 aliphatic rings. The molecule has 0 fully saturated rings. The monoisotopic (exact) mass is 383 g/mol. The van der Waals surface area contributed by atoms with E-state index in [-0.39, 0.29) is 5.91 Å². The van der Waals surface area contributed by atoms with E-state index in [1.165, 1.54) is 33.3 Å². The molecule has 0 saturated carbocycles. The Bertz CT molecular complexity index is 924. The lowest BCUT2D eigenvalue weighted by atomic mass is 10.1. The Labute approximate surface area is 161 Å². The van der Waals surface area contributed by atoms with Crippen LogP contribution in [-0.4, -0.2) is 32.7 Å². The third-order valence-electron chi connectivity index (χ3n) is 4.58. The van der Waals surface area contributed by atoms with Gasteiger partial charge < -0.3 is 4.90 Å². The fraction of sp³-hybridized carbons (Fsp3) is 0.300. The SMILES string of the molecule is Cc1cc(C)cc(-n2ccnc2SCC(=O)N2CCc3sccc3C2)c1. The van der Waals surface area contributed by atoms with Crippen LogP contribution in [0.2, 0.25) is 0 Å². The summed E-state index contributed by atoms with van der Waals surface area (Å²) in [6.45, 7) is 5.75. The zero-order chi connectivity index (χ0) is 18.1. The number of carbonyl (C=O) groups is 1. The highest BCUT2D eigenvalue weighted by atomic mass is 32.2. The van der Waals surface area contributed by atoms with Gasteiger partial charge in [-0.25, -0.2) is 4.98 Å². The predicted octanol–water partition coefficient (Wildman–Crippen LogP) is 4.23. The zero-order valence-electron chi connectivity index (χ0n) is 14.9. The average Bonchev–Trinajstić information content (AvgIpc) is 3.27. The van der Waals surface area contributed by atoms with Crippen LogP contribution in [0, 0.1) is 13.8 Å². The number of amides is 1. The molecule has 0 N–H and O–H groups in total. The summed E-state index contributed by atoms with van der Waals surface area (Å²) in [5.41, 5.74) is 4.84. The lowest BCUT2D eigenvalue weighted by Gasteiger charge is -2.26. The van der Waals surface area contributed by atoms with Gasteiger partial charge in [0.25, 0.3) is 0 Å². The van der Waals surface area contributed by atoms with E-state index in [4.69, 9.17) is 0 Å². The maximum Gasteiger partial charge on any atom is 0.233 e. The molecule has 1 amide bonds. The van der Waals surface area contributed by atoms with Crippen molar-refractivity contribution in [2.75, 3.05) is 12.3 Å². The second kappa shape index (κ2) is 7.29. The standard InChI is InChI=1S/C20H21N3OS2/c1-14-9-15(2)11-17(10-14)23-7-5-21-20(23)26-13-19(24)22-6-3-18-16(12-22)4-8-25-18/h4-5,7-11H,3,6,12-13H2,1-2H3. The molecule has 4 nitrogen and oxygen atoms in total. The zero-order valence-corrected chi connectivity index (χ0v) is 16.6. The second-order valence-electron chi connectivity index (χ2n) is 6.65. The topological polar surface area (TPSA) is 38.1 Å². The lowest BCUT2D eigenvalue weighted by molar-refractivity contribution is -0.129. The Morgan fingerprint density at radius 2 is 2.08 bits per heavy atom. The van der Waals surface area contributed by atoms with E-state index in [9.17, 15) is 4.79 Å². The van der Waals surface area contributed by atoms with Crippen LogP contribution in [0.3, 0.4) is 0 Å². The van der Waals surface area contributed by atoms with Gasteiger partial charge in [-0.05, 0) is 60.5 Å². The number of rotatable bonds is 4. The van der Waals surface area contributed by atoms with Crippen LogP contribution in [0.25, 0.3) is 5.69 Å². The summed E-state index contributed by atoms with van der Waals surface area (Å²) in [7, 11) is 0. The average molecular weight is 384 g/mol. The number of hydrogen-bond acceptors (Lipinski definition) is 4. The molecule has 0 atom stereocenters. The molecule has 4 rings (SSSR count). The number of nitrogens with zero attached hydrogens (tertiary/aromatic N) is 3. The van der Waals surface area contributed by atoms with Crippen molar-refractivity contribution in [1.82, 2.24) is 14.5 Å². The van der Waals surface area contributed by atoms with E-state index < -0.39 is 0 Å². The first-order valence-electron chi connectivity index (χ1n) is 8.68. The van der Waals surface area contributed by atoms with Crippen LogP contribution in [-0.2, 0) is 17.8 Å². The maximum atomic E-state index is 12.7. The number of imidazole rings is 1. The number of benzene rings is 1. The number of aromatic nitrogens is 2. The molecule has 0 bridgehead atoms. The molecule has 3 aromatic rings. The van der Waals surface area contributed by atoms with Gasteiger partial charge in [0.15, 0.2) is 5.16 Å². The number of aryl methyl sites for hydroxylation is 2. The molecule has 1 aliphatic heterocycles. The molecular weight excluding hydrogens is 362 g/mol. The Morgan fingerprint density at radius 1 is 1.27 bits per heavy atom. The van der Waals surface area contributed by atoms with Crippen molar-refractivity contribution < 1.29 is 4.79 Å². The Kier molecular flexibility index (Phi) is 4.87. The van der Waals surface area contributed by atoms with Gasteiger partial charge in [-0.1, -0.05) is 17.8 Å². The van der Waals surface area contributed by atoms with Gasteiger partial charge in [-0.15, -0.1) is 11.3 Å². The highest BCUT2D eigenvalue weighted by Crippen LogP contribution is 2.26. The largest absolute Gasteiger partial charge is 0.337 e. The van der Waals surface area contributed by atoms with Crippen molar-refractivity contribution >= 4 is 29.0 Å². The van der Waals surface area contributed by atoms with Crippen molar-refractivity contribution in [3.05, 3.63) is 63.6 Å². The number of thiophene rings is 1. The molecule has 0 unspecified atom stereocenters. The summed E-state index contributed by atoms with van der Waals surface area (Å²) < 4.78 is 2.06. The van der Waals surface area contributed by atoms with Crippen molar-refractivity contribution in [2.45, 2.75) is 32.0 Å². The van der Waals surface area contributed by atoms with Crippen molar-refractivity contribution in [3.63, 3.8) is 0 Å². The van der Waals surface area contributed by atoms with Crippen LogP contribution < -0.4 is 0 Å². The molecule has 1 aromatic carbocycles. The number of fused-ring (bicyclic) bond motifs is 1. The van der Waals surface area contributed by atoms with E-state index >= 15 is 0 Å². The van der Waals surface area contributed by atoms with Crippen LogP contribution in [0.15, 0.2) is 47.2 Å². The molecule has 0 spiro atoms. The van der Waals surface area contributed by atoms with E-state index in [0.717, 1.165) is 30.4 Å². The van der Waals surface area contributed by atoms with Crippen LogP contribution >= 0.6 is 23.1 Å². The predicted molar refractivity (Wildman–Crippen MR) is 107 cm³/mol. The second-order valence-corrected chi connectivity index (χ2v) is 8.59. The van der Waals surface area contributed by atoms with Crippen molar-refractivity contribution in [1.29, 1.82) is 0 Å². The minimum absolute atomic E-state index is 0.182. The Balaban J connectivity index is 1.44. The molecule has 2 aromatic heterocycles. The summed E-state index contributed by atoms with van der Waals surface area (Å²) in [4.78, 5) is 20.5. The summed E-state index contributed by atoms with van der Waals surface area (Å²) in [5.74, 6) is 0.600. The minimum atomic E-state index is 0.182. The van der Waals surface area contributed by atoms with Gasteiger partial charge in [0.05, 0.1) is 5.75 Å².